The van der Waals surface area contributed by atoms with Crippen molar-refractivity contribution in [3.63, 3.8) is 0 Å². The molecule has 0 saturated heterocycles. The van der Waals surface area contributed by atoms with Crippen molar-refractivity contribution in [3.05, 3.63) is 23.8 Å². The Morgan fingerprint density at radius 1 is 1.38 bits per heavy atom. The standard InChI is InChI=1S/C9H14N4/c1-7(2)9-6-11-8(4-12-9)5-13-10-3/h4-7,10H,1-3H3. The number of hydrazone groups is 1. The Morgan fingerprint density at radius 3 is 2.62 bits per heavy atom. The largest absolute Gasteiger partial charge is 0.313 e. The van der Waals surface area contributed by atoms with Crippen molar-refractivity contribution >= 4 is 6.21 Å². The SMILES string of the molecule is CNN=Cc1cnc(C(C)C)cn1. The van der Waals surface area contributed by atoms with Gasteiger partial charge < -0.3 is 5.43 Å². The number of hydrogen-bond donors (Lipinski definition) is 1. The lowest BCUT2D eigenvalue weighted by molar-refractivity contribution is 0.810. The molecule has 4 nitrogen and oxygen atoms in total. The van der Waals surface area contributed by atoms with Gasteiger partial charge in [-0.1, -0.05) is 13.8 Å². The Balaban J connectivity index is 2.75. The van der Waals surface area contributed by atoms with Gasteiger partial charge in [0, 0.05) is 13.2 Å². The van der Waals surface area contributed by atoms with Gasteiger partial charge in [-0.25, -0.2) is 0 Å². The molecule has 0 aliphatic carbocycles. The Morgan fingerprint density at radius 2 is 2.15 bits per heavy atom. The van der Waals surface area contributed by atoms with Gasteiger partial charge >= 0.3 is 0 Å². The fourth-order valence-electron chi connectivity index (χ4n) is 0.844. The van der Waals surface area contributed by atoms with Gasteiger partial charge in [-0.05, 0) is 5.92 Å². The maximum atomic E-state index is 4.25. The van der Waals surface area contributed by atoms with Gasteiger partial charge in [-0.3, -0.25) is 9.97 Å². The van der Waals surface area contributed by atoms with Gasteiger partial charge in [-0.15, -0.1) is 0 Å². The molecule has 0 amide bonds. The molecule has 1 aromatic rings. The highest BCUT2D eigenvalue weighted by Gasteiger charge is 1.99. The van der Waals surface area contributed by atoms with E-state index in [1.807, 2.05) is 0 Å². The highest BCUT2D eigenvalue weighted by Crippen LogP contribution is 2.08. The van der Waals surface area contributed by atoms with Crippen molar-refractivity contribution in [2.75, 3.05) is 7.05 Å². The highest BCUT2D eigenvalue weighted by molar-refractivity contribution is 5.75. The molecule has 0 radical (unpaired) electrons. The second-order valence-electron chi connectivity index (χ2n) is 3.00. The molecule has 0 atom stereocenters. The molecule has 0 fully saturated rings. The Kier molecular flexibility index (Phi) is 3.37. The Hall–Kier alpha value is -1.45. The minimum atomic E-state index is 0.419. The third kappa shape index (κ3) is 2.82. The zero-order valence-corrected chi connectivity index (χ0v) is 8.15. The van der Waals surface area contributed by atoms with Crippen LogP contribution in [-0.2, 0) is 0 Å². The molecule has 0 bridgehead atoms. The maximum Gasteiger partial charge on any atom is 0.101 e. The van der Waals surface area contributed by atoms with E-state index in [1.165, 1.54) is 0 Å². The van der Waals surface area contributed by atoms with Crippen molar-refractivity contribution in [3.8, 4) is 0 Å². The lowest BCUT2D eigenvalue weighted by atomic mass is 10.1. The molecule has 1 aromatic heterocycles. The summed E-state index contributed by atoms with van der Waals surface area (Å²) in [6.07, 6.45) is 5.13. The van der Waals surface area contributed by atoms with Crippen LogP contribution in [0.25, 0.3) is 0 Å². The van der Waals surface area contributed by atoms with Gasteiger partial charge in [0.2, 0.25) is 0 Å². The van der Waals surface area contributed by atoms with Crippen LogP contribution in [0.1, 0.15) is 31.2 Å². The molecule has 0 unspecified atom stereocenters. The van der Waals surface area contributed by atoms with Crippen molar-refractivity contribution in [1.29, 1.82) is 0 Å². The molecule has 13 heavy (non-hydrogen) atoms. The van der Waals surface area contributed by atoms with Gasteiger partial charge in [0.25, 0.3) is 0 Å². The third-order valence-electron chi connectivity index (χ3n) is 1.61. The van der Waals surface area contributed by atoms with Gasteiger partial charge in [0.05, 0.1) is 18.1 Å². The van der Waals surface area contributed by atoms with E-state index in [0.717, 1.165) is 11.4 Å². The molecule has 0 aromatic carbocycles. The fraction of sp³-hybridized carbons (Fsp3) is 0.444. The van der Waals surface area contributed by atoms with Crippen LogP contribution in [-0.4, -0.2) is 23.2 Å². The van der Waals surface area contributed by atoms with E-state index in [2.05, 4.69) is 34.3 Å². The summed E-state index contributed by atoms with van der Waals surface area (Å²) in [6.45, 7) is 4.18. The van der Waals surface area contributed by atoms with E-state index in [4.69, 9.17) is 0 Å². The average molecular weight is 178 g/mol. The smallest absolute Gasteiger partial charge is 0.101 e. The van der Waals surface area contributed by atoms with Crippen molar-refractivity contribution in [2.24, 2.45) is 5.10 Å². The highest BCUT2D eigenvalue weighted by atomic mass is 15.3. The minimum absolute atomic E-state index is 0.419. The minimum Gasteiger partial charge on any atom is -0.313 e. The van der Waals surface area contributed by atoms with Crippen molar-refractivity contribution < 1.29 is 0 Å². The van der Waals surface area contributed by atoms with Crippen LogP contribution in [0.3, 0.4) is 0 Å². The lowest BCUT2D eigenvalue weighted by Gasteiger charge is -2.02. The summed E-state index contributed by atoms with van der Waals surface area (Å²) in [5.41, 5.74) is 4.42. The monoisotopic (exact) mass is 178 g/mol. The third-order valence-corrected chi connectivity index (χ3v) is 1.61. The van der Waals surface area contributed by atoms with E-state index in [1.54, 1.807) is 25.7 Å². The summed E-state index contributed by atoms with van der Waals surface area (Å²) in [5.74, 6) is 0.419. The van der Waals surface area contributed by atoms with Crippen LogP contribution >= 0.6 is 0 Å². The molecule has 0 aliphatic heterocycles. The maximum absolute atomic E-state index is 4.25. The van der Waals surface area contributed by atoms with Gasteiger partial charge in [0.15, 0.2) is 0 Å². The molecule has 0 spiro atoms. The summed E-state index contributed by atoms with van der Waals surface area (Å²) >= 11 is 0. The summed E-state index contributed by atoms with van der Waals surface area (Å²) < 4.78 is 0. The van der Waals surface area contributed by atoms with Crippen molar-refractivity contribution in [1.82, 2.24) is 15.4 Å². The first kappa shape index (κ1) is 9.64. The first-order valence-corrected chi connectivity index (χ1v) is 4.25. The van der Waals surface area contributed by atoms with Crippen molar-refractivity contribution in [2.45, 2.75) is 19.8 Å². The molecule has 1 heterocycles. The number of nitrogens with one attached hydrogen (secondary N) is 1. The molecular formula is C9H14N4. The first-order valence-electron chi connectivity index (χ1n) is 4.25. The summed E-state index contributed by atoms with van der Waals surface area (Å²) in [7, 11) is 1.74. The quantitative estimate of drug-likeness (QED) is 0.558. The second-order valence-corrected chi connectivity index (χ2v) is 3.00. The van der Waals surface area contributed by atoms with Crippen LogP contribution in [0.15, 0.2) is 17.5 Å². The zero-order chi connectivity index (χ0) is 9.68. The predicted molar refractivity (Wildman–Crippen MR) is 52.8 cm³/mol. The molecule has 4 heteroatoms. The molecule has 0 aliphatic rings. The van der Waals surface area contributed by atoms with Gasteiger partial charge in [-0.2, -0.15) is 5.10 Å². The number of rotatable bonds is 3. The van der Waals surface area contributed by atoms with Crippen LogP contribution in [0.5, 0.6) is 0 Å². The number of hydrogen-bond acceptors (Lipinski definition) is 4. The van der Waals surface area contributed by atoms with Crippen LogP contribution < -0.4 is 5.43 Å². The second kappa shape index (κ2) is 4.54. The number of nitrogens with zero attached hydrogens (tertiary/aromatic N) is 3. The molecule has 70 valence electrons. The van der Waals surface area contributed by atoms with E-state index in [-0.39, 0.29) is 0 Å². The van der Waals surface area contributed by atoms with Crippen LogP contribution in [0, 0.1) is 0 Å². The average Bonchev–Trinajstić information content (AvgIpc) is 2.15. The summed E-state index contributed by atoms with van der Waals surface area (Å²) in [5, 5.41) is 3.84. The van der Waals surface area contributed by atoms with Gasteiger partial charge in [0.1, 0.15) is 5.69 Å². The molecular weight excluding hydrogens is 164 g/mol. The zero-order valence-electron chi connectivity index (χ0n) is 8.15. The molecule has 0 saturated carbocycles. The van der Waals surface area contributed by atoms with E-state index < -0.39 is 0 Å². The predicted octanol–water partition coefficient (Wildman–Crippen LogP) is 1.15. The first-order chi connectivity index (χ1) is 6.24. The fourth-order valence-corrected chi connectivity index (χ4v) is 0.844. The van der Waals surface area contributed by atoms with E-state index in [0.29, 0.717) is 5.92 Å². The normalized spacial score (nSPS) is 11.1. The summed E-state index contributed by atoms with van der Waals surface area (Å²) in [4.78, 5) is 8.44. The summed E-state index contributed by atoms with van der Waals surface area (Å²) in [6, 6.07) is 0. The Bertz CT molecular complexity index is 276. The Labute approximate surface area is 78.1 Å². The van der Waals surface area contributed by atoms with Crippen LogP contribution in [0.4, 0.5) is 0 Å². The molecule has 1 rings (SSSR count). The topological polar surface area (TPSA) is 50.2 Å². The van der Waals surface area contributed by atoms with Crippen LogP contribution in [0.2, 0.25) is 0 Å². The lowest BCUT2D eigenvalue weighted by Crippen LogP contribution is -1.99. The van der Waals surface area contributed by atoms with E-state index in [9.17, 15) is 0 Å². The number of aromatic nitrogens is 2. The van der Waals surface area contributed by atoms with E-state index >= 15 is 0 Å². The molecule has 1 N–H and O–H groups in total.